The molecule has 0 radical (unpaired) electrons. The van der Waals surface area contributed by atoms with Crippen LogP contribution in [-0.4, -0.2) is 58.6 Å². The van der Waals surface area contributed by atoms with Crippen LogP contribution in [0.25, 0.3) is 10.7 Å². The lowest BCUT2D eigenvalue weighted by Crippen LogP contribution is -2.45. The third-order valence-corrected chi connectivity index (χ3v) is 5.57. The normalized spacial score (nSPS) is 16.4. The summed E-state index contributed by atoms with van der Waals surface area (Å²) in [7, 11) is 1.92. The molecule has 0 spiro atoms. The van der Waals surface area contributed by atoms with Crippen molar-refractivity contribution in [2.75, 3.05) is 26.7 Å². The Morgan fingerprint density at radius 2 is 2.25 bits per heavy atom. The van der Waals surface area contributed by atoms with Gasteiger partial charge in [0.15, 0.2) is 0 Å². The lowest BCUT2D eigenvalue weighted by molar-refractivity contribution is -0.132. The van der Waals surface area contributed by atoms with Gasteiger partial charge in [-0.15, -0.1) is 11.3 Å². The summed E-state index contributed by atoms with van der Waals surface area (Å²) < 4.78 is 5.26. The highest BCUT2D eigenvalue weighted by molar-refractivity contribution is 7.13. The number of hydrogen-bond acceptors (Lipinski definition) is 6. The van der Waals surface area contributed by atoms with Crippen LogP contribution in [0, 0.1) is 0 Å². The Labute approximate surface area is 146 Å². The Morgan fingerprint density at radius 1 is 1.46 bits per heavy atom. The predicted molar refractivity (Wildman–Crippen MR) is 93.8 cm³/mol. The van der Waals surface area contributed by atoms with E-state index in [9.17, 15) is 4.79 Å². The van der Waals surface area contributed by atoms with E-state index in [0.717, 1.165) is 37.4 Å². The maximum Gasteiger partial charge on any atom is 0.227 e. The molecule has 130 valence electrons. The number of piperidine rings is 1. The molecule has 3 rings (SSSR count). The molecule has 7 heteroatoms. The largest absolute Gasteiger partial charge is 0.343 e. The molecule has 24 heavy (non-hydrogen) atoms. The second kappa shape index (κ2) is 7.90. The summed E-state index contributed by atoms with van der Waals surface area (Å²) in [6.07, 6.45) is 3.02. The summed E-state index contributed by atoms with van der Waals surface area (Å²) in [5.74, 6) is 1.29. The van der Waals surface area contributed by atoms with Gasteiger partial charge in [0.05, 0.1) is 4.88 Å². The number of rotatable bonds is 6. The van der Waals surface area contributed by atoms with Crippen molar-refractivity contribution < 1.29 is 9.32 Å². The standard InChI is InChI=1S/C17H24N4O2S/c1-3-21-10-8-13(9-11-21)20(2)16(22)7-6-15-18-17(19-23-15)14-5-4-12-24-14/h4-5,12-13H,3,6-11H2,1-2H3. The molecule has 1 fully saturated rings. The quantitative estimate of drug-likeness (QED) is 0.803. The first-order chi connectivity index (χ1) is 11.7. The molecule has 1 aliphatic heterocycles. The molecule has 2 aromatic heterocycles. The molecule has 2 aromatic rings. The van der Waals surface area contributed by atoms with Gasteiger partial charge in [0.2, 0.25) is 17.6 Å². The smallest absolute Gasteiger partial charge is 0.227 e. The van der Waals surface area contributed by atoms with E-state index in [4.69, 9.17) is 4.52 Å². The Kier molecular flexibility index (Phi) is 5.63. The minimum Gasteiger partial charge on any atom is -0.343 e. The monoisotopic (exact) mass is 348 g/mol. The zero-order valence-corrected chi connectivity index (χ0v) is 15.1. The van der Waals surface area contributed by atoms with Gasteiger partial charge >= 0.3 is 0 Å². The highest BCUT2D eigenvalue weighted by Crippen LogP contribution is 2.22. The Hall–Kier alpha value is -1.73. The van der Waals surface area contributed by atoms with E-state index in [1.165, 1.54) is 0 Å². The number of aromatic nitrogens is 2. The maximum absolute atomic E-state index is 12.4. The average Bonchev–Trinajstić information content (AvgIpc) is 3.30. The highest BCUT2D eigenvalue weighted by atomic mass is 32.1. The first-order valence-electron chi connectivity index (χ1n) is 8.52. The maximum atomic E-state index is 12.4. The predicted octanol–water partition coefficient (Wildman–Crippen LogP) is 2.67. The molecule has 0 atom stereocenters. The molecule has 1 saturated heterocycles. The van der Waals surface area contributed by atoms with Crippen LogP contribution in [0.1, 0.15) is 32.1 Å². The zero-order valence-electron chi connectivity index (χ0n) is 14.3. The summed E-state index contributed by atoms with van der Waals surface area (Å²) in [5, 5.41) is 5.96. The van der Waals surface area contributed by atoms with Crippen molar-refractivity contribution >= 4 is 17.2 Å². The summed E-state index contributed by atoms with van der Waals surface area (Å²) >= 11 is 1.58. The van der Waals surface area contributed by atoms with E-state index in [1.54, 1.807) is 11.3 Å². The Morgan fingerprint density at radius 3 is 2.92 bits per heavy atom. The minimum absolute atomic E-state index is 0.154. The number of nitrogens with zero attached hydrogens (tertiary/aromatic N) is 4. The van der Waals surface area contributed by atoms with Crippen LogP contribution in [0.5, 0.6) is 0 Å². The van der Waals surface area contributed by atoms with Gasteiger partial charge in [0, 0.05) is 39.0 Å². The lowest BCUT2D eigenvalue weighted by atomic mass is 10.0. The van der Waals surface area contributed by atoms with E-state index in [2.05, 4.69) is 22.0 Å². The third kappa shape index (κ3) is 4.02. The molecular formula is C17H24N4O2S. The van der Waals surface area contributed by atoms with Crippen LogP contribution in [0.2, 0.25) is 0 Å². The number of carbonyl (C=O) groups is 1. The Bertz CT molecular complexity index is 647. The molecule has 0 N–H and O–H groups in total. The number of hydrogen-bond donors (Lipinski definition) is 0. The summed E-state index contributed by atoms with van der Waals surface area (Å²) in [6.45, 7) is 5.43. The number of carbonyl (C=O) groups excluding carboxylic acids is 1. The van der Waals surface area contributed by atoms with Crippen molar-refractivity contribution in [2.45, 2.75) is 38.6 Å². The van der Waals surface area contributed by atoms with Gasteiger partial charge in [-0.25, -0.2) is 0 Å². The summed E-state index contributed by atoms with van der Waals surface area (Å²) in [6, 6.07) is 4.27. The first-order valence-corrected chi connectivity index (χ1v) is 9.39. The molecule has 0 bridgehead atoms. The fourth-order valence-electron chi connectivity index (χ4n) is 3.08. The molecule has 0 aromatic carbocycles. The van der Waals surface area contributed by atoms with Crippen molar-refractivity contribution in [3.05, 3.63) is 23.4 Å². The average molecular weight is 348 g/mol. The van der Waals surface area contributed by atoms with E-state index in [1.807, 2.05) is 29.5 Å². The van der Waals surface area contributed by atoms with E-state index in [-0.39, 0.29) is 5.91 Å². The van der Waals surface area contributed by atoms with E-state index in [0.29, 0.717) is 30.6 Å². The fourth-order valence-corrected chi connectivity index (χ4v) is 3.73. The van der Waals surface area contributed by atoms with Crippen molar-refractivity contribution in [1.29, 1.82) is 0 Å². The van der Waals surface area contributed by atoms with Crippen LogP contribution in [0.3, 0.4) is 0 Å². The second-order valence-electron chi connectivity index (χ2n) is 6.16. The molecule has 1 aliphatic rings. The molecule has 1 amide bonds. The van der Waals surface area contributed by atoms with Gasteiger partial charge in [-0.05, 0) is 30.8 Å². The summed E-state index contributed by atoms with van der Waals surface area (Å²) in [4.78, 5) is 22.1. The van der Waals surface area contributed by atoms with Crippen molar-refractivity contribution in [3.63, 3.8) is 0 Å². The van der Waals surface area contributed by atoms with Gasteiger partial charge in [-0.2, -0.15) is 4.98 Å². The van der Waals surface area contributed by atoms with E-state index >= 15 is 0 Å². The topological polar surface area (TPSA) is 62.5 Å². The van der Waals surface area contributed by atoms with E-state index < -0.39 is 0 Å². The zero-order chi connectivity index (χ0) is 16.9. The number of likely N-dealkylation sites (tertiary alicyclic amines) is 1. The minimum atomic E-state index is 0.154. The van der Waals surface area contributed by atoms with Gasteiger partial charge in [-0.1, -0.05) is 18.1 Å². The lowest BCUT2D eigenvalue weighted by Gasteiger charge is -2.36. The van der Waals surface area contributed by atoms with Gasteiger partial charge in [0.25, 0.3) is 0 Å². The van der Waals surface area contributed by atoms with Crippen LogP contribution in [0.4, 0.5) is 0 Å². The van der Waals surface area contributed by atoms with Crippen molar-refractivity contribution in [2.24, 2.45) is 0 Å². The fraction of sp³-hybridized carbons (Fsp3) is 0.588. The number of amides is 1. The van der Waals surface area contributed by atoms with Crippen LogP contribution >= 0.6 is 11.3 Å². The van der Waals surface area contributed by atoms with Crippen LogP contribution in [0.15, 0.2) is 22.0 Å². The molecular weight excluding hydrogens is 324 g/mol. The number of aryl methyl sites for hydroxylation is 1. The highest BCUT2D eigenvalue weighted by Gasteiger charge is 2.24. The molecule has 0 aliphatic carbocycles. The molecule has 0 saturated carbocycles. The molecule has 0 unspecified atom stereocenters. The SMILES string of the molecule is CCN1CCC(N(C)C(=O)CCc2nc(-c3cccs3)no2)CC1. The van der Waals surface area contributed by atoms with Gasteiger partial charge < -0.3 is 14.3 Å². The molecule has 3 heterocycles. The van der Waals surface area contributed by atoms with Crippen LogP contribution < -0.4 is 0 Å². The van der Waals surface area contributed by atoms with Crippen molar-refractivity contribution in [1.82, 2.24) is 19.9 Å². The Balaban J connectivity index is 1.48. The second-order valence-corrected chi connectivity index (χ2v) is 7.11. The first kappa shape index (κ1) is 17.1. The van der Waals surface area contributed by atoms with Gasteiger partial charge in [0.1, 0.15) is 0 Å². The van der Waals surface area contributed by atoms with Crippen LogP contribution in [-0.2, 0) is 11.2 Å². The van der Waals surface area contributed by atoms with Crippen molar-refractivity contribution in [3.8, 4) is 10.7 Å². The number of thiophene rings is 1. The third-order valence-electron chi connectivity index (χ3n) is 4.71. The molecule has 6 nitrogen and oxygen atoms in total. The van der Waals surface area contributed by atoms with Gasteiger partial charge in [-0.3, -0.25) is 4.79 Å². The summed E-state index contributed by atoms with van der Waals surface area (Å²) in [5.41, 5.74) is 0.